The van der Waals surface area contributed by atoms with Crippen molar-refractivity contribution < 1.29 is 4.74 Å². The fraction of sp³-hybridized carbons (Fsp3) is 0.545. The molecular formula is C11H17N3OS. The van der Waals surface area contributed by atoms with E-state index in [1.54, 1.807) is 18.0 Å². The number of nitrogen functional groups attached to an aromatic ring is 1. The number of morpholine rings is 1. The van der Waals surface area contributed by atoms with E-state index in [4.69, 9.17) is 10.5 Å². The Labute approximate surface area is 100 Å². The van der Waals surface area contributed by atoms with Gasteiger partial charge in [0.25, 0.3) is 0 Å². The van der Waals surface area contributed by atoms with Crippen molar-refractivity contribution in [1.82, 2.24) is 9.88 Å². The van der Waals surface area contributed by atoms with E-state index in [9.17, 15) is 0 Å². The highest BCUT2D eigenvalue weighted by atomic mass is 32.2. The summed E-state index contributed by atoms with van der Waals surface area (Å²) < 4.78 is 5.30. The van der Waals surface area contributed by atoms with Crippen molar-refractivity contribution in [3.8, 4) is 0 Å². The highest BCUT2D eigenvalue weighted by Gasteiger charge is 2.10. The molecule has 1 saturated heterocycles. The number of hydrogen-bond acceptors (Lipinski definition) is 5. The lowest BCUT2D eigenvalue weighted by molar-refractivity contribution is 0.0410. The zero-order valence-corrected chi connectivity index (χ0v) is 10.1. The number of anilines is 1. The van der Waals surface area contributed by atoms with Crippen LogP contribution in [0.25, 0.3) is 0 Å². The molecule has 0 aliphatic carbocycles. The zero-order chi connectivity index (χ0) is 11.2. The third-order valence-electron chi connectivity index (χ3n) is 2.55. The Bertz CT molecular complexity index is 329. The van der Waals surface area contributed by atoms with E-state index in [-0.39, 0.29) is 0 Å². The minimum atomic E-state index is 0.773. The minimum absolute atomic E-state index is 0.773. The number of aromatic nitrogens is 1. The molecule has 5 heteroatoms. The Morgan fingerprint density at radius 1 is 1.44 bits per heavy atom. The summed E-state index contributed by atoms with van der Waals surface area (Å²) in [6.07, 6.45) is 1.79. The maximum absolute atomic E-state index is 5.82. The number of pyridine rings is 1. The molecule has 2 heterocycles. The number of nitrogens with zero attached hydrogens (tertiary/aromatic N) is 2. The van der Waals surface area contributed by atoms with Gasteiger partial charge in [-0.3, -0.25) is 4.90 Å². The van der Waals surface area contributed by atoms with E-state index >= 15 is 0 Å². The van der Waals surface area contributed by atoms with E-state index in [1.165, 1.54) is 0 Å². The Hall–Kier alpha value is -0.780. The van der Waals surface area contributed by atoms with Gasteiger partial charge in [0.15, 0.2) is 0 Å². The van der Waals surface area contributed by atoms with Gasteiger partial charge in [0, 0.05) is 31.6 Å². The summed E-state index contributed by atoms with van der Waals surface area (Å²) in [5, 5.41) is 0.941. The zero-order valence-electron chi connectivity index (χ0n) is 9.26. The van der Waals surface area contributed by atoms with Gasteiger partial charge in [0.2, 0.25) is 0 Å². The van der Waals surface area contributed by atoms with Crippen molar-refractivity contribution in [2.75, 3.05) is 44.3 Å². The lowest BCUT2D eigenvalue weighted by atomic mass is 10.4. The molecule has 0 saturated carbocycles. The van der Waals surface area contributed by atoms with Crippen LogP contribution in [0.2, 0.25) is 0 Å². The van der Waals surface area contributed by atoms with Gasteiger partial charge in [-0.2, -0.15) is 0 Å². The maximum atomic E-state index is 5.82. The summed E-state index contributed by atoms with van der Waals surface area (Å²) in [6.45, 7) is 4.87. The van der Waals surface area contributed by atoms with Crippen LogP contribution in [-0.2, 0) is 4.74 Å². The lowest BCUT2D eigenvalue weighted by Crippen LogP contribution is -2.37. The molecule has 2 rings (SSSR count). The monoisotopic (exact) mass is 239 g/mol. The van der Waals surface area contributed by atoms with E-state index in [1.807, 2.05) is 12.1 Å². The molecule has 0 atom stereocenters. The maximum Gasteiger partial charge on any atom is 0.119 e. The molecule has 0 amide bonds. The SMILES string of the molecule is Nc1cccnc1SCCN1CCOCC1. The van der Waals surface area contributed by atoms with Crippen molar-refractivity contribution >= 4 is 17.4 Å². The second-order valence-electron chi connectivity index (χ2n) is 3.70. The summed E-state index contributed by atoms with van der Waals surface area (Å²) in [5.41, 5.74) is 6.60. The van der Waals surface area contributed by atoms with Crippen molar-refractivity contribution in [3.63, 3.8) is 0 Å². The molecule has 0 unspecified atom stereocenters. The molecule has 1 aromatic heterocycles. The fourth-order valence-corrected chi connectivity index (χ4v) is 2.53. The first kappa shape index (κ1) is 11.7. The van der Waals surface area contributed by atoms with Crippen LogP contribution in [0, 0.1) is 0 Å². The highest BCUT2D eigenvalue weighted by Crippen LogP contribution is 2.21. The number of thioether (sulfide) groups is 1. The summed E-state index contributed by atoms with van der Waals surface area (Å²) in [4.78, 5) is 6.67. The Morgan fingerprint density at radius 2 is 2.25 bits per heavy atom. The molecule has 0 spiro atoms. The molecule has 1 aliphatic rings. The average Bonchev–Trinajstić information content (AvgIpc) is 2.33. The molecule has 0 bridgehead atoms. The topological polar surface area (TPSA) is 51.4 Å². The smallest absolute Gasteiger partial charge is 0.119 e. The van der Waals surface area contributed by atoms with Gasteiger partial charge in [0.1, 0.15) is 5.03 Å². The van der Waals surface area contributed by atoms with Crippen LogP contribution in [0.4, 0.5) is 5.69 Å². The van der Waals surface area contributed by atoms with E-state index < -0.39 is 0 Å². The molecule has 16 heavy (non-hydrogen) atoms. The molecule has 88 valence electrons. The molecule has 0 aromatic carbocycles. The number of ether oxygens (including phenoxy) is 1. The summed E-state index contributed by atoms with van der Waals surface area (Å²) in [5.74, 6) is 1.03. The van der Waals surface area contributed by atoms with Crippen LogP contribution < -0.4 is 5.73 Å². The van der Waals surface area contributed by atoms with Crippen LogP contribution in [-0.4, -0.2) is 48.5 Å². The van der Waals surface area contributed by atoms with Gasteiger partial charge in [-0.05, 0) is 12.1 Å². The van der Waals surface area contributed by atoms with Crippen molar-refractivity contribution in [1.29, 1.82) is 0 Å². The minimum Gasteiger partial charge on any atom is -0.397 e. The van der Waals surface area contributed by atoms with Gasteiger partial charge in [-0.25, -0.2) is 4.98 Å². The van der Waals surface area contributed by atoms with Crippen LogP contribution in [0.1, 0.15) is 0 Å². The highest BCUT2D eigenvalue weighted by molar-refractivity contribution is 7.99. The summed E-state index contributed by atoms with van der Waals surface area (Å²) in [6, 6.07) is 3.76. The van der Waals surface area contributed by atoms with Crippen LogP contribution in [0.3, 0.4) is 0 Å². The number of rotatable bonds is 4. The van der Waals surface area contributed by atoms with Gasteiger partial charge < -0.3 is 10.5 Å². The van der Waals surface area contributed by atoms with Crippen LogP contribution in [0.15, 0.2) is 23.4 Å². The molecular weight excluding hydrogens is 222 g/mol. The van der Waals surface area contributed by atoms with Gasteiger partial charge in [0.05, 0.1) is 18.9 Å². The van der Waals surface area contributed by atoms with Crippen molar-refractivity contribution in [2.24, 2.45) is 0 Å². The van der Waals surface area contributed by atoms with E-state index in [0.717, 1.165) is 49.3 Å². The first-order chi connectivity index (χ1) is 7.86. The average molecular weight is 239 g/mol. The largest absolute Gasteiger partial charge is 0.397 e. The fourth-order valence-electron chi connectivity index (χ4n) is 1.62. The first-order valence-corrected chi connectivity index (χ1v) is 6.48. The Morgan fingerprint density at radius 3 is 3.00 bits per heavy atom. The summed E-state index contributed by atoms with van der Waals surface area (Å²) >= 11 is 1.72. The second-order valence-corrected chi connectivity index (χ2v) is 4.78. The standard InChI is InChI=1S/C11H17N3OS/c12-10-2-1-3-13-11(10)16-9-6-14-4-7-15-8-5-14/h1-3H,4-9,12H2. The lowest BCUT2D eigenvalue weighted by Gasteiger charge is -2.26. The van der Waals surface area contributed by atoms with Gasteiger partial charge in [-0.1, -0.05) is 0 Å². The Kier molecular flexibility index (Phi) is 4.44. The first-order valence-electron chi connectivity index (χ1n) is 5.49. The molecule has 2 N–H and O–H groups in total. The Balaban J connectivity index is 1.73. The normalized spacial score (nSPS) is 17.5. The van der Waals surface area contributed by atoms with Gasteiger partial charge in [-0.15, -0.1) is 11.8 Å². The van der Waals surface area contributed by atoms with Crippen LogP contribution >= 0.6 is 11.8 Å². The van der Waals surface area contributed by atoms with Crippen molar-refractivity contribution in [3.05, 3.63) is 18.3 Å². The van der Waals surface area contributed by atoms with E-state index in [0.29, 0.717) is 0 Å². The van der Waals surface area contributed by atoms with Crippen LogP contribution in [0.5, 0.6) is 0 Å². The molecule has 1 fully saturated rings. The second kappa shape index (κ2) is 6.08. The molecule has 1 aliphatic heterocycles. The third-order valence-corrected chi connectivity index (χ3v) is 3.55. The summed E-state index contributed by atoms with van der Waals surface area (Å²) in [7, 11) is 0. The van der Waals surface area contributed by atoms with Gasteiger partial charge >= 0.3 is 0 Å². The number of nitrogens with two attached hydrogens (primary N) is 1. The number of hydrogen-bond donors (Lipinski definition) is 1. The third kappa shape index (κ3) is 3.37. The molecule has 0 radical (unpaired) electrons. The molecule has 4 nitrogen and oxygen atoms in total. The predicted molar refractivity (Wildman–Crippen MR) is 66.6 cm³/mol. The van der Waals surface area contributed by atoms with Crippen molar-refractivity contribution in [2.45, 2.75) is 5.03 Å². The molecule has 1 aromatic rings. The van der Waals surface area contributed by atoms with E-state index in [2.05, 4.69) is 9.88 Å². The predicted octanol–water partition coefficient (Wildman–Crippen LogP) is 1.09. The quantitative estimate of drug-likeness (QED) is 0.797.